The minimum absolute atomic E-state index is 0.0504. The van der Waals surface area contributed by atoms with Crippen molar-refractivity contribution >= 4 is 27.5 Å². The van der Waals surface area contributed by atoms with E-state index in [1.165, 1.54) is 4.31 Å². The van der Waals surface area contributed by atoms with Crippen molar-refractivity contribution in [2.75, 3.05) is 10.8 Å². The number of aryl methyl sites for hydroxylation is 4. The van der Waals surface area contributed by atoms with Crippen molar-refractivity contribution in [2.24, 2.45) is 0 Å². The molecule has 1 aliphatic rings. The molecule has 0 heterocycles. The molecule has 0 radical (unpaired) electrons. The van der Waals surface area contributed by atoms with Gasteiger partial charge >= 0.3 is 0 Å². The highest BCUT2D eigenvalue weighted by Crippen LogP contribution is 2.27. The third-order valence-corrected chi connectivity index (χ3v) is 11.1. The van der Waals surface area contributed by atoms with Gasteiger partial charge in [0.25, 0.3) is 10.0 Å². The summed E-state index contributed by atoms with van der Waals surface area (Å²) >= 11 is 0. The van der Waals surface area contributed by atoms with Gasteiger partial charge in [0, 0.05) is 19.0 Å². The van der Waals surface area contributed by atoms with E-state index < -0.39 is 28.5 Å². The van der Waals surface area contributed by atoms with E-state index in [9.17, 15) is 18.0 Å². The first kappa shape index (κ1) is 34.9. The number of amides is 2. The highest BCUT2D eigenvalue weighted by atomic mass is 32.2. The van der Waals surface area contributed by atoms with E-state index in [1.807, 2.05) is 88.4 Å². The maximum Gasteiger partial charge on any atom is 0.264 e. The highest BCUT2D eigenvalue weighted by molar-refractivity contribution is 7.92. The molecule has 0 unspecified atom stereocenters. The molecule has 4 aromatic carbocycles. The van der Waals surface area contributed by atoms with Crippen LogP contribution in [-0.4, -0.2) is 43.8 Å². The fraction of sp³-hybridized carbons (Fsp3) is 0.350. The Balaban J connectivity index is 1.58. The topological polar surface area (TPSA) is 86.8 Å². The van der Waals surface area contributed by atoms with E-state index in [-0.39, 0.29) is 23.4 Å². The van der Waals surface area contributed by atoms with Crippen LogP contribution in [0.15, 0.2) is 102 Å². The lowest BCUT2D eigenvalue weighted by atomic mass is 9.94. The monoisotopic (exact) mass is 665 g/mol. The molecular formula is C40H47N3O4S. The maximum absolute atomic E-state index is 14.8. The number of anilines is 1. The standard InChI is InChI=1S/C40H47N3O4S/c1-29-18-22-37(23-19-29)48(46,47)43(36-21-20-31(3)32(4)25-36)28-39(44)42(27-34-15-11-12-30(2)24-34)38(26-33-13-7-5-8-14-33)40(45)41-35-16-9-6-10-17-35/h5,7-8,11-15,18-25,35,38H,6,9-10,16-17,26-28H2,1-4H3,(H,41,45)/t38-/m0/s1. The summed E-state index contributed by atoms with van der Waals surface area (Å²) in [4.78, 5) is 30.7. The SMILES string of the molecule is Cc1ccc(S(=O)(=O)N(CC(=O)N(Cc2cccc(C)c2)[C@@H](Cc2ccccc2)C(=O)NC2CCCCC2)c2ccc(C)c(C)c2)cc1. The van der Waals surface area contributed by atoms with Gasteiger partial charge < -0.3 is 10.2 Å². The predicted octanol–water partition coefficient (Wildman–Crippen LogP) is 7.20. The Morgan fingerprint density at radius 2 is 1.44 bits per heavy atom. The number of rotatable bonds is 12. The molecule has 48 heavy (non-hydrogen) atoms. The molecule has 0 saturated heterocycles. The molecule has 1 saturated carbocycles. The first-order valence-electron chi connectivity index (χ1n) is 16.9. The number of sulfonamides is 1. The average molecular weight is 666 g/mol. The smallest absolute Gasteiger partial charge is 0.264 e. The Morgan fingerprint density at radius 1 is 0.750 bits per heavy atom. The predicted molar refractivity (Wildman–Crippen MR) is 192 cm³/mol. The zero-order valence-corrected chi connectivity index (χ0v) is 29.3. The maximum atomic E-state index is 14.8. The van der Waals surface area contributed by atoms with Gasteiger partial charge in [0.2, 0.25) is 11.8 Å². The summed E-state index contributed by atoms with van der Waals surface area (Å²) in [5.41, 5.74) is 6.07. The molecule has 2 amide bonds. The van der Waals surface area contributed by atoms with Gasteiger partial charge in [-0.05, 0) is 87.1 Å². The second kappa shape index (κ2) is 15.6. The minimum atomic E-state index is -4.15. The van der Waals surface area contributed by atoms with Gasteiger partial charge in [0.1, 0.15) is 12.6 Å². The van der Waals surface area contributed by atoms with Crippen LogP contribution in [0.1, 0.15) is 65.5 Å². The Bertz CT molecular complexity index is 1820. The second-order valence-corrected chi connectivity index (χ2v) is 15.0. The largest absolute Gasteiger partial charge is 0.352 e. The van der Waals surface area contributed by atoms with Gasteiger partial charge in [0.15, 0.2) is 0 Å². The molecule has 1 fully saturated rings. The van der Waals surface area contributed by atoms with Crippen LogP contribution in [0.2, 0.25) is 0 Å². The van der Waals surface area contributed by atoms with Crippen LogP contribution in [0, 0.1) is 27.7 Å². The van der Waals surface area contributed by atoms with Crippen LogP contribution in [0.4, 0.5) is 5.69 Å². The van der Waals surface area contributed by atoms with Gasteiger partial charge in [-0.3, -0.25) is 13.9 Å². The van der Waals surface area contributed by atoms with E-state index in [4.69, 9.17) is 0 Å². The van der Waals surface area contributed by atoms with Crippen molar-refractivity contribution in [1.82, 2.24) is 10.2 Å². The Kier molecular flexibility index (Phi) is 11.4. The minimum Gasteiger partial charge on any atom is -0.352 e. The fourth-order valence-corrected chi connectivity index (χ4v) is 7.76. The number of carbonyl (C=O) groups excluding carboxylic acids is 2. The van der Waals surface area contributed by atoms with Crippen molar-refractivity contribution in [3.05, 3.63) is 130 Å². The third-order valence-electron chi connectivity index (χ3n) is 9.32. The zero-order valence-electron chi connectivity index (χ0n) is 28.5. The number of hydrogen-bond acceptors (Lipinski definition) is 4. The first-order valence-corrected chi connectivity index (χ1v) is 18.3. The summed E-state index contributed by atoms with van der Waals surface area (Å²) < 4.78 is 29.9. The molecule has 0 spiro atoms. The summed E-state index contributed by atoms with van der Waals surface area (Å²) in [6, 6.07) is 28.8. The number of hydrogen-bond donors (Lipinski definition) is 1. The van der Waals surface area contributed by atoms with Crippen LogP contribution in [0.5, 0.6) is 0 Å². The van der Waals surface area contributed by atoms with Crippen molar-refractivity contribution in [1.29, 1.82) is 0 Å². The second-order valence-electron chi connectivity index (χ2n) is 13.2. The van der Waals surface area contributed by atoms with Gasteiger partial charge in [-0.25, -0.2) is 8.42 Å². The molecule has 252 valence electrons. The van der Waals surface area contributed by atoms with Crippen molar-refractivity contribution in [3.8, 4) is 0 Å². The Hall–Kier alpha value is -4.43. The van der Waals surface area contributed by atoms with Crippen molar-refractivity contribution < 1.29 is 18.0 Å². The molecule has 0 bridgehead atoms. The first-order chi connectivity index (χ1) is 23.0. The summed E-state index contributed by atoms with van der Waals surface area (Å²) in [5, 5.41) is 3.27. The van der Waals surface area contributed by atoms with Crippen LogP contribution >= 0.6 is 0 Å². The lowest BCUT2D eigenvalue weighted by Crippen LogP contribution is -2.55. The summed E-state index contributed by atoms with van der Waals surface area (Å²) in [7, 11) is -4.15. The zero-order chi connectivity index (χ0) is 34.3. The summed E-state index contributed by atoms with van der Waals surface area (Å²) in [5.74, 6) is -0.670. The molecule has 0 aliphatic heterocycles. The van der Waals surface area contributed by atoms with E-state index in [2.05, 4.69) is 5.32 Å². The van der Waals surface area contributed by atoms with Crippen LogP contribution in [0.3, 0.4) is 0 Å². The van der Waals surface area contributed by atoms with E-state index in [0.29, 0.717) is 12.1 Å². The lowest BCUT2D eigenvalue weighted by molar-refractivity contribution is -0.140. The highest BCUT2D eigenvalue weighted by Gasteiger charge is 2.35. The summed E-state index contributed by atoms with van der Waals surface area (Å²) in [6.07, 6.45) is 5.38. The Morgan fingerprint density at radius 3 is 2.10 bits per heavy atom. The van der Waals surface area contributed by atoms with Gasteiger partial charge in [-0.2, -0.15) is 0 Å². The molecule has 5 rings (SSSR count). The van der Waals surface area contributed by atoms with Gasteiger partial charge in [-0.1, -0.05) is 103 Å². The molecule has 4 aromatic rings. The van der Waals surface area contributed by atoms with Gasteiger partial charge in [0.05, 0.1) is 10.6 Å². The van der Waals surface area contributed by atoms with E-state index in [0.717, 1.165) is 65.5 Å². The molecule has 8 heteroatoms. The molecule has 1 aliphatic carbocycles. The van der Waals surface area contributed by atoms with Crippen LogP contribution in [-0.2, 0) is 32.6 Å². The average Bonchev–Trinajstić information content (AvgIpc) is 3.07. The molecular weight excluding hydrogens is 619 g/mol. The lowest BCUT2D eigenvalue weighted by Gasteiger charge is -2.35. The molecule has 0 aromatic heterocycles. The molecule has 1 atom stereocenters. The van der Waals surface area contributed by atoms with Crippen molar-refractivity contribution in [3.63, 3.8) is 0 Å². The Labute approximate surface area is 286 Å². The number of nitrogens with zero attached hydrogens (tertiary/aromatic N) is 2. The number of benzene rings is 4. The van der Waals surface area contributed by atoms with E-state index >= 15 is 0 Å². The number of carbonyl (C=O) groups is 2. The normalized spacial score (nSPS) is 14.2. The molecule has 7 nitrogen and oxygen atoms in total. The third kappa shape index (κ3) is 8.72. The van der Waals surface area contributed by atoms with Gasteiger partial charge in [-0.15, -0.1) is 0 Å². The van der Waals surface area contributed by atoms with Crippen molar-refractivity contribution in [2.45, 2.75) is 89.7 Å². The summed E-state index contributed by atoms with van der Waals surface area (Å²) in [6.45, 7) is 7.46. The quantitative estimate of drug-likeness (QED) is 0.173. The van der Waals surface area contributed by atoms with Crippen LogP contribution in [0.25, 0.3) is 0 Å². The number of nitrogens with one attached hydrogen (secondary N) is 1. The van der Waals surface area contributed by atoms with E-state index in [1.54, 1.807) is 41.3 Å². The fourth-order valence-electron chi connectivity index (χ4n) is 6.35. The van der Waals surface area contributed by atoms with Crippen LogP contribution < -0.4 is 9.62 Å². The molecule has 1 N–H and O–H groups in total.